The summed E-state index contributed by atoms with van der Waals surface area (Å²) >= 11 is 2.11. The molecule has 0 bridgehead atoms. The fraction of sp³-hybridized carbons (Fsp3) is 0.538. The molecular formula is C13H19IO4S. The predicted molar refractivity (Wildman–Crippen MR) is 83.0 cm³/mol. The van der Waals surface area contributed by atoms with E-state index < -0.39 is 16.2 Å². The van der Waals surface area contributed by atoms with Crippen LogP contribution in [0.1, 0.15) is 25.3 Å². The largest absolute Gasteiger partial charge is 0.390 e. The summed E-state index contributed by atoms with van der Waals surface area (Å²) in [5.74, 6) is 0. The van der Waals surface area contributed by atoms with Crippen LogP contribution < -0.4 is 0 Å². The highest BCUT2D eigenvalue weighted by molar-refractivity contribution is 14.1. The van der Waals surface area contributed by atoms with Crippen molar-refractivity contribution in [3.05, 3.63) is 29.8 Å². The Balaban J connectivity index is 2.63. The molecule has 1 N–H and O–H groups in total. The van der Waals surface area contributed by atoms with Gasteiger partial charge in [0.2, 0.25) is 0 Å². The van der Waals surface area contributed by atoms with Crippen LogP contribution in [-0.4, -0.2) is 30.2 Å². The number of aliphatic hydroxyl groups excluding tert-OH is 1. The molecule has 0 aliphatic heterocycles. The smallest absolute Gasteiger partial charge is 0.297 e. The van der Waals surface area contributed by atoms with Crippen LogP contribution >= 0.6 is 22.6 Å². The molecule has 0 heterocycles. The minimum absolute atomic E-state index is 0.00387. The highest BCUT2D eigenvalue weighted by Gasteiger charge is 2.21. The number of hydrogen-bond donors (Lipinski definition) is 1. The van der Waals surface area contributed by atoms with Crippen LogP contribution in [0.5, 0.6) is 0 Å². The predicted octanol–water partition coefficient (Wildman–Crippen LogP) is 2.66. The lowest BCUT2D eigenvalue weighted by molar-refractivity contribution is 0.110. The summed E-state index contributed by atoms with van der Waals surface area (Å²) in [6, 6.07) is 6.44. The molecule has 1 rings (SSSR count). The van der Waals surface area contributed by atoms with Crippen molar-refractivity contribution in [2.24, 2.45) is 0 Å². The normalized spacial score (nSPS) is 15.2. The second kappa shape index (κ2) is 7.56. The maximum Gasteiger partial charge on any atom is 0.297 e. The van der Waals surface area contributed by atoms with Crippen LogP contribution in [0.4, 0.5) is 0 Å². The Morgan fingerprint density at radius 2 is 1.89 bits per heavy atom. The monoisotopic (exact) mass is 398 g/mol. The first-order valence-electron chi connectivity index (χ1n) is 6.15. The average Bonchev–Trinajstić information content (AvgIpc) is 2.37. The maximum absolute atomic E-state index is 11.9. The fourth-order valence-corrected chi connectivity index (χ4v) is 3.26. The Labute approximate surface area is 128 Å². The molecule has 0 fully saturated rings. The summed E-state index contributed by atoms with van der Waals surface area (Å²) in [5.41, 5.74) is 0.981. The van der Waals surface area contributed by atoms with Crippen LogP contribution in [0.3, 0.4) is 0 Å². The molecule has 4 nitrogen and oxygen atoms in total. The number of rotatable bonds is 7. The molecule has 1 aromatic carbocycles. The van der Waals surface area contributed by atoms with Gasteiger partial charge in [0, 0.05) is 3.92 Å². The summed E-state index contributed by atoms with van der Waals surface area (Å²) in [6.07, 6.45) is 0.992. The molecule has 0 radical (unpaired) electrons. The standard InChI is InChI=1S/C13H19IO4S/c1-3-4-12(14)13(15)9-18-19(16,17)11-7-5-10(2)6-8-11/h5-8,12-13,15H,3-4,9H2,1-2H3/t12-,13+/m1/s1. The number of alkyl halides is 1. The number of aliphatic hydroxyl groups is 1. The molecule has 0 unspecified atom stereocenters. The van der Waals surface area contributed by atoms with Crippen LogP contribution in [0.15, 0.2) is 29.2 Å². The van der Waals surface area contributed by atoms with Gasteiger partial charge >= 0.3 is 0 Å². The average molecular weight is 398 g/mol. The van der Waals surface area contributed by atoms with Gasteiger partial charge in [0.25, 0.3) is 10.1 Å². The van der Waals surface area contributed by atoms with E-state index in [9.17, 15) is 13.5 Å². The van der Waals surface area contributed by atoms with Gasteiger partial charge in [-0.3, -0.25) is 4.18 Å². The SMILES string of the molecule is CCC[C@@H](I)[C@@H](O)COS(=O)(=O)c1ccc(C)cc1. The van der Waals surface area contributed by atoms with Crippen molar-refractivity contribution < 1.29 is 17.7 Å². The Morgan fingerprint density at radius 1 is 1.32 bits per heavy atom. The number of halogens is 1. The lowest BCUT2D eigenvalue weighted by Gasteiger charge is -2.16. The molecule has 2 atom stereocenters. The summed E-state index contributed by atoms with van der Waals surface area (Å²) < 4.78 is 28.7. The van der Waals surface area contributed by atoms with E-state index in [1.165, 1.54) is 12.1 Å². The Kier molecular flexibility index (Phi) is 6.72. The molecule has 0 saturated heterocycles. The van der Waals surface area contributed by atoms with E-state index in [4.69, 9.17) is 4.18 Å². The van der Waals surface area contributed by atoms with Crippen molar-refractivity contribution in [1.82, 2.24) is 0 Å². The van der Waals surface area contributed by atoms with Crippen LogP contribution in [0, 0.1) is 6.92 Å². The highest BCUT2D eigenvalue weighted by Crippen LogP contribution is 2.17. The Morgan fingerprint density at radius 3 is 2.42 bits per heavy atom. The molecule has 0 amide bonds. The molecule has 19 heavy (non-hydrogen) atoms. The van der Waals surface area contributed by atoms with Gasteiger partial charge in [-0.15, -0.1) is 0 Å². The van der Waals surface area contributed by atoms with E-state index in [2.05, 4.69) is 22.6 Å². The van der Waals surface area contributed by atoms with Gasteiger partial charge in [0.15, 0.2) is 0 Å². The highest BCUT2D eigenvalue weighted by atomic mass is 127. The first-order valence-corrected chi connectivity index (χ1v) is 8.80. The number of benzene rings is 1. The summed E-state index contributed by atoms with van der Waals surface area (Å²) in [5, 5.41) is 9.81. The van der Waals surface area contributed by atoms with Crippen LogP contribution in [-0.2, 0) is 14.3 Å². The third kappa shape index (κ3) is 5.37. The number of hydrogen-bond acceptors (Lipinski definition) is 4. The molecule has 0 spiro atoms. The summed E-state index contributed by atoms with van der Waals surface area (Å²) in [4.78, 5) is 0.116. The van der Waals surface area contributed by atoms with Crippen molar-refractivity contribution in [2.45, 2.75) is 41.6 Å². The first kappa shape index (κ1) is 16.9. The lowest BCUT2D eigenvalue weighted by Crippen LogP contribution is -2.27. The minimum Gasteiger partial charge on any atom is -0.390 e. The van der Waals surface area contributed by atoms with Gasteiger partial charge < -0.3 is 5.11 Å². The van der Waals surface area contributed by atoms with Crippen LogP contribution in [0.2, 0.25) is 0 Å². The van der Waals surface area contributed by atoms with Crippen molar-refractivity contribution in [1.29, 1.82) is 0 Å². The van der Waals surface area contributed by atoms with Crippen molar-refractivity contribution >= 4 is 32.7 Å². The fourth-order valence-electron chi connectivity index (χ4n) is 1.50. The number of aryl methyl sites for hydroxylation is 1. The molecule has 0 saturated carbocycles. The van der Waals surface area contributed by atoms with Gasteiger partial charge in [0.1, 0.15) is 0 Å². The van der Waals surface area contributed by atoms with Gasteiger partial charge in [0.05, 0.1) is 17.6 Å². The first-order chi connectivity index (χ1) is 8.86. The topological polar surface area (TPSA) is 63.6 Å². The van der Waals surface area contributed by atoms with E-state index >= 15 is 0 Å². The second-order valence-electron chi connectivity index (χ2n) is 4.42. The molecule has 1 aromatic rings. The van der Waals surface area contributed by atoms with E-state index in [0.29, 0.717) is 0 Å². The summed E-state index contributed by atoms with van der Waals surface area (Å²) in [7, 11) is -3.78. The maximum atomic E-state index is 11.9. The van der Waals surface area contributed by atoms with E-state index in [1.807, 2.05) is 13.8 Å². The van der Waals surface area contributed by atoms with Gasteiger partial charge in [-0.2, -0.15) is 8.42 Å². The molecule has 0 aliphatic carbocycles. The third-order valence-electron chi connectivity index (χ3n) is 2.69. The van der Waals surface area contributed by atoms with Gasteiger partial charge in [-0.1, -0.05) is 53.6 Å². The quantitative estimate of drug-likeness (QED) is 0.436. The van der Waals surface area contributed by atoms with Gasteiger partial charge in [-0.25, -0.2) is 0 Å². The van der Waals surface area contributed by atoms with Crippen molar-refractivity contribution in [3.63, 3.8) is 0 Å². The van der Waals surface area contributed by atoms with E-state index in [0.717, 1.165) is 18.4 Å². The minimum atomic E-state index is -3.78. The molecular weight excluding hydrogens is 379 g/mol. The third-order valence-corrected chi connectivity index (χ3v) is 5.43. The molecule has 0 aliphatic rings. The van der Waals surface area contributed by atoms with Crippen molar-refractivity contribution in [2.75, 3.05) is 6.61 Å². The molecule has 108 valence electrons. The van der Waals surface area contributed by atoms with E-state index in [1.54, 1.807) is 12.1 Å². The molecule has 6 heteroatoms. The zero-order valence-electron chi connectivity index (χ0n) is 11.0. The summed E-state index contributed by atoms with van der Waals surface area (Å²) in [6.45, 7) is 3.69. The lowest BCUT2D eigenvalue weighted by atomic mass is 10.2. The van der Waals surface area contributed by atoms with E-state index in [-0.39, 0.29) is 15.4 Å². The molecule has 0 aromatic heterocycles. The zero-order valence-corrected chi connectivity index (χ0v) is 14.0. The zero-order chi connectivity index (χ0) is 14.5. The Bertz CT molecular complexity index is 484. The second-order valence-corrected chi connectivity index (χ2v) is 7.64. The van der Waals surface area contributed by atoms with Crippen molar-refractivity contribution in [3.8, 4) is 0 Å². The Hall–Kier alpha value is -0.180. The van der Waals surface area contributed by atoms with Gasteiger partial charge in [-0.05, 0) is 25.5 Å². The van der Waals surface area contributed by atoms with Crippen LogP contribution in [0.25, 0.3) is 0 Å².